The van der Waals surface area contributed by atoms with Crippen LogP contribution in [0.3, 0.4) is 0 Å². The fourth-order valence-electron chi connectivity index (χ4n) is 5.06. The molecule has 3 nitrogen and oxygen atoms in total. The summed E-state index contributed by atoms with van der Waals surface area (Å²) in [4.78, 5) is 15.2. The van der Waals surface area contributed by atoms with Gasteiger partial charge in [-0.2, -0.15) is 0 Å². The van der Waals surface area contributed by atoms with E-state index < -0.39 is 0 Å². The van der Waals surface area contributed by atoms with Gasteiger partial charge in [-0.05, 0) is 68.0 Å². The maximum Gasteiger partial charge on any atom is 0.223 e. The fraction of sp³-hybridized carbons (Fsp3) is 0.375. The first-order valence-corrected chi connectivity index (χ1v) is 10.3. The molecule has 0 radical (unpaired) electrons. The molecular formula is C24H25FN2O. The molecule has 1 aliphatic carbocycles. The number of hydrogen-bond donors (Lipinski definition) is 0. The van der Waals surface area contributed by atoms with Crippen molar-refractivity contribution in [3.63, 3.8) is 0 Å². The first kappa shape index (κ1) is 17.5. The molecule has 0 N–H and O–H groups in total. The normalized spacial score (nSPS) is 18.4. The lowest BCUT2D eigenvalue weighted by Crippen LogP contribution is -2.43. The van der Waals surface area contributed by atoms with E-state index in [0.29, 0.717) is 12.8 Å². The standard InChI is InChI=1S/C24H25FN2O/c1-16-5-11-21-20(15-16)19-3-2-4-22-24(19)27(21)14-13-26(22)23(28)12-8-17-6-9-18(25)10-7-17/h5-7,9-11,15,22H,2-4,8,12-14H2,1H3/t22-/m1/s1. The smallest absolute Gasteiger partial charge is 0.223 e. The second-order valence-electron chi connectivity index (χ2n) is 8.16. The molecule has 0 spiro atoms. The van der Waals surface area contributed by atoms with Crippen LogP contribution < -0.4 is 0 Å². The molecule has 28 heavy (non-hydrogen) atoms. The van der Waals surface area contributed by atoms with Crippen molar-refractivity contribution in [2.45, 2.75) is 51.6 Å². The van der Waals surface area contributed by atoms with Crippen molar-refractivity contribution in [1.29, 1.82) is 0 Å². The van der Waals surface area contributed by atoms with Crippen LogP contribution in [0.15, 0.2) is 42.5 Å². The van der Waals surface area contributed by atoms with Gasteiger partial charge in [0.25, 0.3) is 0 Å². The molecule has 1 atom stereocenters. The number of amides is 1. The van der Waals surface area contributed by atoms with Crippen molar-refractivity contribution in [1.82, 2.24) is 9.47 Å². The molecule has 5 rings (SSSR count). The number of aryl methyl sites for hydroxylation is 3. The number of aromatic nitrogens is 1. The highest BCUT2D eigenvalue weighted by Crippen LogP contribution is 2.42. The molecule has 0 fully saturated rings. The van der Waals surface area contributed by atoms with E-state index in [-0.39, 0.29) is 17.8 Å². The van der Waals surface area contributed by atoms with E-state index in [4.69, 9.17) is 0 Å². The van der Waals surface area contributed by atoms with Crippen LogP contribution in [-0.2, 0) is 24.2 Å². The van der Waals surface area contributed by atoms with Crippen LogP contribution in [-0.4, -0.2) is 21.9 Å². The van der Waals surface area contributed by atoms with E-state index in [1.807, 2.05) is 0 Å². The monoisotopic (exact) mass is 376 g/mol. The van der Waals surface area contributed by atoms with E-state index in [1.54, 1.807) is 12.1 Å². The molecule has 2 aliphatic rings. The van der Waals surface area contributed by atoms with E-state index in [9.17, 15) is 9.18 Å². The number of hydrogen-bond acceptors (Lipinski definition) is 1. The minimum Gasteiger partial charge on any atom is -0.341 e. The molecule has 1 aliphatic heterocycles. The van der Waals surface area contributed by atoms with Gasteiger partial charge in [-0.3, -0.25) is 4.79 Å². The summed E-state index contributed by atoms with van der Waals surface area (Å²) in [6, 6.07) is 13.4. The number of nitrogens with zero attached hydrogens (tertiary/aromatic N) is 2. The topological polar surface area (TPSA) is 25.2 Å². The summed E-state index contributed by atoms with van der Waals surface area (Å²) < 4.78 is 15.5. The summed E-state index contributed by atoms with van der Waals surface area (Å²) in [6.45, 7) is 3.79. The van der Waals surface area contributed by atoms with Gasteiger partial charge in [-0.1, -0.05) is 23.8 Å². The van der Waals surface area contributed by atoms with Gasteiger partial charge in [0.15, 0.2) is 0 Å². The van der Waals surface area contributed by atoms with Gasteiger partial charge in [-0.15, -0.1) is 0 Å². The zero-order chi connectivity index (χ0) is 19.3. The molecule has 0 saturated carbocycles. The first-order chi connectivity index (χ1) is 13.6. The molecule has 0 saturated heterocycles. The molecule has 1 aromatic heterocycles. The Balaban J connectivity index is 1.42. The van der Waals surface area contributed by atoms with Gasteiger partial charge in [0.2, 0.25) is 5.91 Å². The van der Waals surface area contributed by atoms with Crippen LogP contribution in [0.2, 0.25) is 0 Å². The fourth-order valence-corrected chi connectivity index (χ4v) is 5.06. The lowest BCUT2D eigenvalue weighted by molar-refractivity contribution is -0.135. The quantitative estimate of drug-likeness (QED) is 0.635. The van der Waals surface area contributed by atoms with E-state index in [0.717, 1.165) is 37.9 Å². The maximum atomic E-state index is 13.1. The predicted molar refractivity (Wildman–Crippen MR) is 109 cm³/mol. The lowest BCUT2D eigenvalue weighted by Gasteiger charge is -2.40. The van der Waals surface area contributed by atoms with Gasteiger partial charge in [0.1, 0.15) is 5.82 Å². The third-order valence-corrected chi connectivity index (χ3v) is 6.39. The third-order valence-electron chi connectivity index (χ3n) is 6.39. The summed E-state index contributed by atoms with van der Waals surface area (Å²) in [5, 5.41) is 1.38. The van der Waals surface area contributed by atoms with Gasteiger partial charge >= 0.3 is 0 Å². The molecule has 4 heteroatoms. The van der Waals surface area contributed by atoms with Crippen molar-refractivity contribution in [2.24, 2.45) is 0 Å². The number of rotatable bonds is 3. The van der Waals surface area contributed by atoms with Gasteiger partial charge in [-0.25, -0.2) is 4.39 Å². The second kappa shape index (κ2) is 6.77. The number of carbonyl (C=O) groups excluding carboxylic acids is 1. The van der Waals surface area contributed by atoms with E-state index >= 15 is 0 Å². The van der Waals surface area contributed by atoms with Crippen molar-refractivity contribution < 1.29 is 9.18 Å². The summed E-state index contributed by atoms with van der Waals surface area (Å²) >= 11 is 0. The zero-order valence-corrected chi connectivity index (χ0v) is 16.2. The van der Waals surface area contributed by atoms with Crippen LogP contribution >= 0.6 is 0 Å². The highest BCUT2D eigenvalue weighted by Gasteiger charge is 2.36. The van der Waals surface area contributed by atoms with E-state index in [2.05, 4.69) is 34.6 Å². The largest absolute Gasteiger partial charge is 0.341 e. The van der Waals surface area contributed by atoms with Crippen LogP contribution in [0.5, 0.6) is 0 Å². The zero-order valence-electron chi connectivity index (χ0n) is 16.2. The molecule has 0 bridgehead atoms. The molecule has 3 aromatic rings. The Hall–Kier alpha value is -2.62. The van der Waals surface area contributed by atoms with Crippen LogP contribution in [0.4, 0.5) is 4.39 Å². The minimum atomic E-state index is -0.232. The summed E-state index contributed by atoms with van der Waals surface area (Å²) in [5.41, 5.74) is 6.45. The summed E-state index contributed by atoms with van der Waals surface area (Å²) in [7, 11) is 0. The highest BCUT2D eigenvalue weighted by molar-refractivity contribution is 5.87. The molecular weight excluding hydrogens is 351 g/mol. The lowest BCUT2D eigenvalue weighted by atomic mass is 9.89. The Morgan fingerprint density at radius 1 is 1.14 bits per heavy atom. The molecule has 0 unspecified atom stereocenters. The SMILES string of the molecule is Cc1ccc2c(c1)c1c3n2CCN(C(=O)CCc2ccc(F)cc2)[C@@H]3CCC1. The Kier molecular flexibility index (Phi) is 4.22. The number of benzene rings is 2. The average Bonchev–Trinajstić information content (AvgIpc) is 3.02. The Morgan fingerprint density at radius 3 is 2.79 bits per heavy atom. The van der Waals surface area contributed by atoms with Gasteiger partial charge < -0.3 is 9.47 Å². The maximum absolute atomic E-state index is 13.1. The Bertz CT molecular complexity index is 1050. The van der Waals surface area contributed by atoms with E-state index in [1.165, 1.54) is 39.9 Å². The highest BCUT2D eigenvalue weighted by atomic mass is 19.1. The first-order valence-electron chi connectivity index (χ1n) is 10.3. The molecule has 2 aromatic carbocycles. The summed E-state index contributed by atoms with van der Waals surface area (Å²) in [6.07, 6.45) is 4.43. The second-order valence-corrected chi connectivity index (χ2v) is 8.16. The van der Waals surface area contributed by atoms with Crippen molar-refractivity contribution >= 4 is 16.8 Å². The summed E-state index contributed by atoms with van der Waals surface area (Å²) in [5.74, 6) is -0.0150. The molecule has 1 amide bonds. The minimum absolute atomic E-state index is 0.200. The predicted octanol–water partition coefficient (Wildman–Crippen LogP) is 4.94. The third kappa shape index (κ3) is 2.83. The van der Waals surface area contributed by atoms with Crippen LogP contribution in [0, 0.1) is 12.7 Å². The van der Waals surface area contributed by atoms with Crippen molar-refractivity contribution in [3.8, 4) is 0 Å². The van der Waals surface area contributed by atoms with Gasteiger partial charge in [0.05, 0.1) is 6.04 Å². The van der Waals surface area contributed by atoms with Crippen LogP contribution in [0.1, 0.15) is 47.7 Å². The number of carbonyl (C=O) groups is 1. The molecule has 144 valence electrons. The van der Waals surface area contributed by atoms with Crippen molar-refractivity contribution in [2.75, 3.05) is 6.54 Å². The average molecular weight is 376 g/mol. The Morgan fingerprint density at radius 2 is 1.96 bits per heavy atom. The molecule has 2 heterocycles. The van der Waals surface area contributed by atoms with Crippen molar-refractivity contribution in [3.05, 3.63) is 70.7 Å². The van der Waals surface area contributed by atoms with Crippen LogP contribution in [0.25, 0.3) is 10.9 Å². The van der Waals surface area contributed by atoms with Gasteiger partial charge in [0, 0.05) is 36.1 Å². The number of halogens is 1. The Labute approximate surface area is 164 Å². The number of fused-ring (bicyclic) bond motifs is 3.